The second-order valence-electron chi connectivity index (χ2n) is 9.97. The van der Waals surface area contributed by atoms with Gasteiger partial charge in [-0.05, 0) is 70.7 Å². The second-order valence-corrected chi connectivity index (χ2v) is 9.97. The molecule has 204 valence electrons. The minimum atomic E-state index is -0.791. The number of aromatic nitrogens is 4. The highest BCUT2D eigenvalue weighted by atomic mass is 19.1. The number of H-pyrrole nitrogens is 1. The van der Waals surface area contributed by atoms with Crippen molar-refractivity contribution >= 4 is 11.9 Å². The molecule has 0 spiro atoms. The first kappa shape index (κ1) is 27.6. The van der Waals surface area contributed by atoms with E-state index in [2.05, 4.69) is 30.5 Å². The summed E-state index contributed by atoms with van der Waals surface area (Å²) >= 11 is 0. The molecule has 0 saturated carbocycles. The lowest BCUT2D eigenvalue weighted by molar-refractivity contribution is -0.231. The Balaban J connectivity index is 1.57. The molecular formula is C27H36FN7O3. The summed E-state index contributed by atoms with van der Waals surface area (Å²) in [6.07, 6.45) is 2.69. The summed E-state index contributed by atoms with van der Waals surface area (Å²) in [5.74, 6) is 0.504. The number of anilines is 1. The molecule has 1 aliphatic heterocycles. The first-order chi connectivity index (χ1) is 18.3. The fourth-order valence-corrected chi connectivity index (χ4v) is 4.03. The summed E-state index contributed by atoms with van der Waals surface area (Å²) in [6, 6.07) is 7.89. The molecule has 1 saturated heterocycles. The molecule has 2 aromatic heterocycles. The number of nitrogens with one attached hydrogen (secondary N) is 3. The molecule has 1 amide bonds. The third kappa shape index (κ3) is 6.72. The zero-order valence-electron chi connectivity index (χ0n) is 22.4. The number of carbonyl (C=O) groups excluding carboxylic acids is 1. The summed E-state index contributed by atoms with van der Waals surface area (Å²) in [4.78, 5) is 31.8. The average molecular weight is 526 g/mol. The maximum absolute atomic E-state index is 13.7. The molecule has 3 heterocycles. The van der Waals surface area contributed by atoms with E-state index in [9.17, 15) is 9.18 Å². The standard InChI is InChI=1S/C27H36FN7O3/c1-5-12-29-25(36)27(2)16-37-24(38-17-27)23-33-21(18-7-9-19(28)10-8-18)22(34-23)20-11-14-31-26(32-20)30-13-6-15-35(3)4/h7-11,14,24H,5-6,12-13,15-17H2,1-4H3,(H,29,36)(H,33,34)(H,30,31,32). The molecule has 0 unspecified atom stereocenters. The fourth-order valence-electron chi connectivity index (χ4n) is 4.03. The van der Waals surface area contributed by atoms with Crippen molar-refractivity contribution in [2.75, 3.05) is 52.3 Å². The van der Waals surface area contributed by atoms with Crippen LogP contribution in [0.3, 0.4) is 0 Å². The van der Waals surface area contributed by atoms with Crippen molar-refractivity contribution in [3.8, 4) is 22.6 Å². The Bertz CT molecular complexity index is 1210. The van der Waals surface area contributed by atoms with Crippen LogP contribution in [-0.2, 0) is 14.3 Å². The van der Waals surface area contributed by atoms with Crippen molar-refractivity contribution < 1.29 is 18.7 Å². The lowest BCUT2D eigenvalue weighted by Gasteiger charge is -2.35. The number of rotatable bonds is 11. The number of carbonyl (C=O) groups is 1. The summed E-state index contributed by atoms with van der Waals surface area (Å²) < 4.78 is 25.6. The van der Waals surface area contributed by atoms with Crippen LogP contribution in [0.4, 0.5) is 10.3 Å². The van der Waals surface area contributed by atoms with Crippen molar-refractivity contribution in [3.05, 3.63) is 48.2 Å². The summed E-state index contributed by atoms with van der Waals surface area (Å²) in [5, 5.41) is 6.17. The molecule has 4 rings (SSSR count). The van der Waals surface area contributed by atoms with E-state index in [0.717, 1.165) is 25.9 Å². The highest BCUT2D eigenvalue weighted by Crippen LogP contribution is 2.35. The van der Waals surface area contributed by atoms with Gasteiger partial charge in [0.2, 0.25) is 18.1 Å². The van der Waals surface area contributed by atoms with Gasteiger partial charge in [0.25, 0.3) is 0 Å². The van der Waals surface area contributed by atoms with Gasteiger partial charge in [-0.2, -0.15) is 0 Å². The van der Waals surface area contributed by atoms with Gasteiger partial charge in [-0.3, -0.25) is 4.79 Å². The van der Waals surface area contributed by atoms with Gasteiger partial charge in [0.15, 0.2) is 5.82 Å². The quantitative estimate of drug-likeness (QED) is 0.325. The molecule has 0 radical (unpaired) electrons. The summed E-state index contributed by atoms with van der Waals surface area (Å²) in [6.45, 7) is 6.47. The predicted octanol–water partition coefficient (Wildman–Crippen LogP) is 3.61. The number of hydrogen-bond donors (Lipinski definition) is 3. The number of imidazole rings is 1. The molecule has 0 bridgehead atoms. The van der Waals surface area contributed by atoms with E-state index in [-0.39, 0.29) is 24.9 Å². The van der Waals surface area contributed by atoms with Crippen LogP contribution >= 0.6 is 0 Å². The molecule has 0 atom stereocenters. The molecule has 1 aromatic carbocycles. The van der Waals surface area contributed by atoms with Gasteiger partial charge in [0.05, 0.1) is 35.7 Å². The molecule has 10 nitrogen and oxygen atoms in total. The number of hydrogen-bond acceptors (Lipinski definition) is 8. The number of halogens is 1. The zero-order valence-corrected chi connectivity index (χ0v) is 22.4. The third-order valence-corrected chi connectivity index (χ3v) is 6.23. The lowest BCUT2D eigenvalue weighted by atomic mass is 9.91. The van der Waals surface area contributed by atoms with Crippen LogP contribution in [0, 0.1) is 11.2 Å². The summed E-state index contributed by atoms with van der Waals surface area (Å²) in [7, 11) is 4.07. The molecule has 38 heavy (non-hydrogen) atoms. The van der Waals surface area contributed by atoms with E-state index in [0.29, 0.717) is 41.0 Å². The van der Waals surface area contributed by atoms with Crippen LogP contribution in [0.2, 0.25) is 0 Å². The Morgan fingerprint density at radius 1 is 1.16 bits per heavy atom. The Morgan fingerprint density at radius 3 is 2.58 bits per heavy atom. The number of ether oxygens (including phenoxy) is 2. The van der Waals surface area contributed by atoms with Crippen LogP contribution < -0.4 is 10.6 Å². The van der Waals surface area contributed by atoms with E-state index in [1.54, 1.807) is 24.4 Å². The largest absolute Gasteiger partial charge is 0.355 e. The molecule has 3 N–H and O–H groups in total. The van der Waals surface area contributed by atoms with Gasteiger partial charge < -0.3 is 30.0 Å². The molecule has 3 aromatic rings. The predicted molar refractivity (Wildman–Crippen MR) is 143 cm³/mol. The van der Waals surface area contributed by atoms with Gasteiger partial charge >= 0.3 is 0 Å². The van der Waals surface area contributed by atoms with Gasteiger partial charge in [-0.1, -0.05) is 6.92 Å². The third-order valence-electron chi connectivity index (χ3n) is 6.23. The molecule has 11 heteroatoms. The first-order valence-electron chi connectivity index (χ1n) is 12.9. The SMILES string of the molecule is CCCNC(=O)C1(C)COC(c2nc(-c3ccc(F)cc3)c(-c3ccnc(NCCCN(C)C)n3)[nH]2)OC1. The molecule has 1 fully saturated rings. The van der Waals surface area contributed by atoms with Crippen molar-refractivity contribution in [2.24, 2.45) is 5.41 Å². The Hall–Kier alpha value is -3.41. The fraction of sp³-hybridized carbons (Fsp3) is 0.481. The Morgan fingerprint density at radius 2 is 1.89 bits per heavy atom. The van der Waals surface area contributed by atoms with Crippen LogP contribution in [-0.4, -0.2) is 77.7 Å². The smallest absolute Gasteiger partial charge is 0.230 e. The monoisotopic (exact) mass is 525 g/mol. The maximum Gasteiger partial charge on any atom is 0.230 e. The van der Waals surface area contributed by atoms with E-state index in [4.69, 9.17) is 14.5 Å². The van der Waals surface area contributed by atoms with Crippen molar-refractivity contribution in [1.82, 2.24) is 30.2 Å². The molecule has 0 aliphatic carbocycles. The van der Waals surface area contributed by atoms with Gasteiger partial charge in [0.1, 0.15) is 5.82 Å². The minimum Gasteiger partial charge on any atom is -0.355 e. The molecule has 1 aliphatic rings. The Kier molecular flexibility index (Phi) is 9.03. The topological polar surface area (TPSA) is 117 Å². The second kappa shape index (κ2) is 12.4. The van der Waals surface area contributed by atoms with Crippen LogP contribution in [0.25, 0.3) is 22.6 Å². The van der Waals surface area contributed by atoms with E-state index >= 15 is 0 Å². The number of nitrogens with zero attached hydrogens (tertiary/aromatic N) is 4. The maximum atomic E-state index is 13.7. The molecular weight excluding hydrogens is 489 g/mol. The number of aromatic amines is 1. The van der Waals surface area contributed by atoms with Crippen LogP contribution in [0.1, 0.15) is 38.8 Å². The normalized spacial score (nSPS) is 19.5. The minimum absolute atomic E-state index is 0.100. The van der Waals surface area contributed by atoms with Crippen LogP contribution in [0.15, 0.2) is 36.5 Å². The highest BCUT2D eigenvalue weighted by Gasteiger charge is 2.40. The van der Waals surface area contributed by atoms with E-state index in [1.807, 2.05) is 27.9 Å². The number of amides is 1. The number of benzene rings is 1. The summed E-state index contributed by atoms with van der Waals surface area (Å²) in [5.41, 5.74) is 1.75. The van der Waals surface area contributed by atoms with E-state index in [1.165, 1.54) is 12.1 Å². The van der Waals surface area contributed by atoms with Crippen molar-refractivity contribution in [1.29, 1.82) is 0 Å². The van der Waals surface area contributed by atoms with E-state index < -0.39 is 11.7 Å². The van der Waals surface area contributed by atoms with Gasteiger partial charge in [-0.15, -0.1) is 0 Å². The van der Waals surface area contributed by atoms with Crippen molar-refractivity contribution in [2.45, 2.75) is 33.0 Å². The van der Waals surface area contributed by atoms with Gasteiger partial charge in [0, 0.05) is 24.8 Å². The highest BCUT2D eigenvalue weighted by molar-refractivity contribution is 5.82. The Labute approximate surface area is 222 Å². The first-order valence-corrected chi connectivity index (χ1v) is 12.9. The average Bonchev–Trinajstić information content (AvgIpc) is 3.36. The lowest BCUT2D eigenvalue weighted by Crippen LogP contribution is -2.48. The van der Waals surface area contributed by atoms with Gasteiger partial charge in [-0.25, -0.2) is 19.3 Å². The van der Waals surface area contributed by atoms with Crippen LogP contribution in [0.5, 0.6) is 0 Å². The zero-order chi connectivity index (χ0) is 27.1. The van der Waals surface area contributed by atoms with Crippen molar-refractivity contribution in [3.63, 3.8) is 0 Å².